The maximum atomic E-state index is 13.5. The molecular weight excluding hydrogens is 334 g/mol. The number of rotatable bonds is 1. The summed E-state index contributed by atoms with van der Waals surface area (Å²) in [5, 5.41) is 6.12. The van der Waals surface area contributed by atoms with Gasteiger partial charge in [0.05, 0.1) is 14.9 Å². The first kappa shape index (κ1) is 11.3. The Bertz CT molecular complexity index is 488. The largest absolute Gasteiger partial charge is 0.380 e. The standard InChI is InChI=1S/C12H12FIN2O/c13-7-3-10-11(4-8(7)14)16-12(17)5-9(15-10)6-1-2-6/h3-4,6,9,15H,1-2,5H2,(H,16,17). The van der Waals surface area contributed by atoms with Gasteiger partial charge in [-0.15, -0.1) is 0 Å². The molecule has 1 atom stereocenters. The van der Waals surface area contributed by atoms with Crippen LogP contribution in [0.25, 0.3) is 0 Å². The van der Waals surface area contributed by atoms with Gasteiger partial charge in [-0.2, -0.15) is 0 Å². The Labute approximate surface area is 112 Å². The van der Waals surface area contributed by atoms with Gasteiger partial charge >= 0.3 is 0 Å². The third-order valence-corrected chi connectivity index (χ3v) is 4.10. The fourth-order valence-electron chi connectivity index (χ4n) is 2.20. The highest BCUT2D eigenvalue weighted by atomic mass is 127. The molecule has 0 spiro atoms. The van der Waals surface area contributed by atoms with Gasteiger partial charge in [-0.25, -0.2) is 4.39 Å². The van der Waals surface area contributed by atoms with E-state index in [1.54, 1.807) is 6.07 Å². The average molecular weight is 346 g/mol. The molecule has 0 radical (unpaired) electrons. The van der Waals surface area contributed by atoms with Crippen LogP contribution < -0.4 is 10.6 Å². The van der Waals surface area contributed by atoms with E-state index in [9.17, 15) is 9.18 Å². The number of fused-ring (bicyclic) bond motifs is 1. The van der Waals surface area contributed by atoms with Crippen molar-refractivity contribution in [3.8, 4) is 0 Å². The number of anilines is 2. The van der Waals surface area contributed by atoms with Gasteiger partial charge in [-0.1, -0.05) is 0 Å². The second-order valence-corrected chi connectivity index (χ2v) is 5.81. The molecule has 5 heteroatoms. The predicted octanol–water partition coefficient (Wildman–Crippen LogP) is 2.96. The van der Waals surface area contributed by atoms with E-state index in [-0.39, 0.29) is 17.8 Å². The van der Waals surface area contributed by atoms with Crippen molar-refractivity contribution < 1.29 is 9.18 Å². The summed E-state index contributed by atoms with van der Waals surface area (Å²) in [6.45, 7) is 0. The Balaban J connectivity index is 1.98. The van der Waals surface area contributed by atoms with E-state index in [0.29, 0.717) is 27.3 Å². The number of halogens is 2. The molecule has 0 aromatic heterocycles. The predicted molar refractivity (Wildman–Crippen MR) is 72.5 cm³/mol. The molecule has 1 aromatic carbocycles. The number of benzene rings is 1. The zero-order chi connectivity index (χ0) is 12.0. The van der Waals surface area contributed by atoms with Crippen LogP contribution in [-0.4, -0.2) is 11.9 Å². The fraction of sp³-hybridized carbons (Fsp3) is 0.417. The van der Waals surface area contributed by atoms with E-state index in [1.165, 1.54) is 6.07 Å². The van der Waals surface area contributed by atoms with Crippen LogP contribution in [0.3, 0.4) is 0 Å². The molecule has 1 amide bonds. The maximum absolute atomic E-state index is 13.5. The SMILES string of the molecule is O=C1CC(C2CC2)Nc2cc(F)c(I)cc2N1. The lowest BCUT2D eigenvalue weighted by Gasteiger charge is -2.16. The molecule has 0 saturated heterocycles. The Kier molecular flexibility index (Phi) is 2.72. The highest BCUT2D eigenvalue weighted by molar-refractivity contribution is 14.1. The van der Waals surface area contributed by atoms with Crippen LogP contribution in [-0.2, 0) is 4.79 Å². The molecule has 1 fully saturated rings. The number of nitrogens with one attached hydrogen (secondary N) is 2. The summed E-state index contributed by atoms with van der Waals surface area (Å²) in [5.74, 6) is 0.326. The lowest BCUT2D eigenvalue weighted by molar-refractivity contribution is -0.116. The number of hydrogen-bond donors (Lipinski definition) is 2. The van der Waals surface area contributed by atoms with Crippen LogP contribution in [0.4, 0.5) is 15.8 Å². The molecule has 1 aliphatic heterocycles. The van der Waals surface area contributed by atoms with Crippen LogP contribution in [0.2, 0.25) is 0 Å². The molecule has 90 valence electrons. The number of amides is 1. The zero-order valence-corrected chi connectivity index (χ0v) is 11.3. The molecule has 1 unspecified atom stereocenters. The second-order valence-electron chi connectivity index (χ2n) is 4.65. The summed E-state index contributed by atoms with van der Waals surface area (Å²) in [6.07, 6.45) is 2.79. The Morgan fingerprint density at radius 3 is 2.76 bits per heavy atom. The highest BCUT2D eigenvalue weighted by Crippen LogP contribution is 2.39. The minimum absolute atomic E-state index is 0.00978. The van der Waals surface area contributed by atoms with E-state index >= 15 is 0 Å². The van der Waals surface area contributed by atoms with Crippen molar-refractivity contribution in [3.05, 3.63) is 21.5 Å². The van der Waals surface area contributed by atoms with Gasteiger partial charge in [0.15, 0.2) is 0 Å². The summed E-state index contributed by atoms with van der Waals surface area (Å²) in [4.78, 5) is 11.7. The Hall–Kier alpha value is -0.850. The minimum Gasteiger partial charge on any atom is -0.380 e. The summed E-state index contributed by atoms with van der Waals surface area (Å²) >= 11 is 1.93. The first-order chi connectivity index (χ1) is 8.13. The second kappa shape index (κ2) is 4.12. The summed E-state index contributed by atoms with van der Waals surface area (Å²) in [7, 11) is 0. The molecule has 3 rings (SSSR count). The van der Waals surface area contributed by atoms with Crippen LogP contribution in [0.15, 0.2) is 12.1 Å². The molecule has 1 heterocycles. The van der Waals surface area contributed by atoms with Gasteiger partial charge in [-0.05, 0) is 47.4 Å². The first-order valence-electron chi connectivity index (χ1n) is 5.69. The average Bonchev–Trinajstić information content (AvgIpc) is 3.06. The van der Waals surface area contributed by atoms with E-state index in [4.69, 9.17) is 0 Å². The van der Waals surface area contributed by atoms with Gasteiger partial charge in [0.25, 0.3) is 0 Å². The number of carbonyl (C=O) groups is 1. The van der Waals surface area contributed by atoms with Gasteiger partial charge in [-0.3, -0.25) is 4.79 Å². The topological polar surface area (TPSA) is 41.1 Å². The molecule has 1 saturated carbocycles. The fourth-order valence-corrected chi connectivity index (χ4v) is 2.67. The first-order valence-corrected chi connectivity index (χ1v) is 6.77. The van der Waals surface area contributed by atoms with E-state index in [1.807, 2.05) is 22.6 Å². The lowest BCUT2D eigenvalue weighted by Crippen LogP contribution is -2.24. The molecule has 17 heavy (non-hydrogen) atoms. The van der Waals surface area contributed by atoms with Crippen LogP contribution in [0.1, 0.15) is 19.3 Å². The van der Waals surface area contributed by atoms with E-state index < -0.39 is 0 Å². The third-order valence-electron chi connectivity index (χ3n) is 3.27. The zero-order valence-electron chi connectivity index (χ0n) is 9.09. The summed E-state index contributed by atoms with van der Waals surface area (Å²) in [5.41, 5.74) is 1.38. The minimum atomic E-state index is -0.248. The summed E-state index contributed by atoms with van der Waals surface area (Å²) in [6, 6.07) is 3.29. The van der Waals surface area contributed by atoms with Crippen LogP contribution in [0.5, 0.6) is 0 Å². The normalized spacial score (nSPS) is 23.4. The quantitative estimate of drug-likeness (QED) is 0.768. The van der Waals surface area contributed by atoms with Crippen molar-refractivity contribution in [2.45, 2.75) is 25.3 Å². The van der Waals surface area contributed by atoms with Crippen molar-refractivity contribution >= 4 is 39.9 Å². The lowest BCUT2D eigenvalue weighted by atomic mass is 10.1. The smallest absolute Gasteiger partial charge is 0.226 e. The van der Waals surface area contributed by atoms with Gasteiger partial charge < -0.3 is 10.6 Å². The number of carbonyl (C=O) groups excluding carboxylic acids is 1. The number of hydrogen-bond acceptors (Lipinski definition) is 2. The van der Waals surface area contributed by atoms with Crippen molar-refractivity contribution in [1.29, 1.82) is 0 Å². The maximum Gasteiger partial charge on any atom is 0.226 e. The molecule has 1 aliphatic carbocycles. The van der Waals surface area contributed by atoms with Gasteiger partial charge in [0.1, 0.15) is 5.82 Å². The Morgan fingerprint density at radius 2 is 2.06 bits per heavy atom. The van der Waals surface area contributed by atoms with Crippen molar-refractivity contribution in [2.75, 3.05) is 10.6 Å². The third kappa shape index (κ3) is 2.25. The summed E-state index contributed by atoms with van der Waals surface area (Å²) < 4.78 is 14.0. The van der Waals surface area contributed by atoms with Crippen molar-refractivity contribution in [1.82, 2.24) is 0 Å². The Morgan fingerprint density at radius 1 is 1.29 bits per heavy atom. The molecular formula is C12H12FIN2O. The van der Waals surface area contributed by atoms with Gasteiger partial charge in [0.2, 0.25) is 5.91 Å². The highest BCUT2D eigenvalue weighted by Gasteiger charge is 2.34. The molecule has 2 N–H and O–H groups in total. The van der Waals surface area contributed by atoms with E-state index in [0.717, 1.165) is 12.8 Å². The van der Waals surface area contributed by atoms with E-state index in [2.05, 4.69) is 10.6 Å². The van der Waals surface area contributed by atoms with Crippen molar-refractivity contribution in [2.24, 2.45) is 5.92 Å². The monoisotopic (exact) mass is 346 g/mol. The molecule has 3 nitrogen and oxygen atoms in total. The molecule has 1 aromatic rings. The molecule has 2 aliphatic rings. The van der Waals surface area contributed by atoms with Crippen LogP contribution >= 0.6 is 22.6 Å². The van der Waals surface area contributed by atoms with Crippen molar-refractivity contribution in [3.63, 3.8) is 0 Å². The van der Waals surface area contributed by atoms with Crippen LogP contribution in [0, 0.1) is 15.3 Å². The molecule has 0 bridgehead atoms. The van der Waals surface area contributed by atoms with Gasteiger partial charge in [0, 0.05) is 18.5 Å².